The van der Waals surface area contributed by atoms with Crippen LogP contribution in [-0.2, 0) is 5.41 Å². The molecule has 1 aliphatic rings. The minimum absolute atomic E-state index is 0.0218. The Morgan fingerprint density at radius 1 is 1.27 bits per heavy atom. The van der Waals surface area contributed by atoms with E-state index in [0.29, 0.717) is 6.42 Å². The van der Waals surface area contributed by atoms with Crippen LogP contribution in [0.2, 0.25) is 0 Å². The molecule has 0 spiro atoms. The Hall–Kier alpha value is -1.57. The minimum atomic E-state index is -0.0218. The average molecular weight is 199 g/mol. The Bertz CT molecular complexity index is 563. The van der Waals surface area contributed by atoms with E-state index in [9.17, 15) is 4.79 Å². The molecule has 0 unspecified atom stereocenters. The molecule has 2 nitrogen and oxygen atoms in total. The van der Waals surface area contributed by atoms with Gasteiger partial charge in [0.05, 0.1) is 5.69 Å². The fourth-order valence-corrected chi connectivity index (χ4v) is 2.63. The molecular weight excluding hydrogens is 186 g/mol. The van der Waals surface area contributed by atoms with Gasteiger partial charge in [-0.05, 0) is 17.0 Å². The number of H-pyrrole nitrogens is 1. The van der Waals surface area contributed by atoms with Crippen molar-refractivity contribution in [2.24, 2.45) is 0 Å². The van der Waals surface area contributed by atoms with Gasteiger partial charge in [-0.15, -0.1) is 0 Å². The van der Waals surface area contributed by atoms with E-state index in [-0.39, 0.29) is 11.2 Å². The molecule has 1 aromatic carbocycles. The van der Waals surface area contributed by atoms with Crippen molar-refractivity contribution in [1.82, 2.24) is 4.98 Å². The molecule has 3 rings (SSSR count). The van der Waals surface area contributed by atoms with Crippen molar-refractivity contribution in [3.05, 3.63) is 35.5 Å². The Balaban J connectivity index is 2.45. The van der Waals surface area contributed by atoms with Crippen molar-refractivity contribution in [3.63, 3.8) is 0 Å². The van der Waals surface area contributed by atoms with Crippen LogP contribution < -0.4 is 0 Å². The molecule has 76 valence electrons. The monoisotopic (exact) mass is 199 g/mol. The van der Waals surface area contributed by atoms with E-state index >= 15 is 0 Å². The summed E-state index contributed by atoms with van der Waals surface area (Å²) in [5, 5.41) is 1.20. The molecule has 0 saturated carbocycles. The lowest BCUT2D eigenvalue weighted by molar-refractivity contribution is 0.0975. The van der Waals surface area contributed by atoms with Gasteiger partial charge in [0.25, 0.3) is 0 Å². The number of fused-ring (bicyclic) bond motifs is 3. The highest BCUT2D eigenvalue weighted by atomic mass is 16.1. The maximum atomic E-state index is 11.8. The fraction of sp³-hybridized carbons (Fsp3) is 0.308. The van der Waals surface area contributed by atoms with Gasteiger partial charge >= 0.3 is 0 Å². The molecule has 0 fully saturated rings. The van der Waals surface area contributed by atoms with Gasteiger partial charge in [-0.3, -0.25) is 4.79 Å². The lowest BCUT2D eigenvalue weighted by Crippen LogP contribution is -2.12. The number of benzene rings is 1. The van der Waals surface area contributed by atoms with Crippen LogP contribution in [0.3, 0.4) is 0 Å². The molecule has 0 aliphatic heterocycles. The minimum Gasteiger partial charge on any atom is -0.352 e. The SMILES string of the molecule is CC1(C)CC(=O)c2[nH]c3ccccc3c21. The number of rotatable bonds is 0. The van der Waals surface area contributed by atoms with E-state index < -0.39 is 0 Å². The van der Waals surface area contributed by atoms with Crippen molar-refractivity contribution in [2.75, 3.05) is 0 Å². The second-order valence-corrected chi connectivity index (χ2v) is 4.90. The van der Waals surface area contributed by atoms with Crippen molar-refractivity contribution < 1.29 is 4.79 Å². The maximum Gasteiger partial charge on any atom is 0.180 e. The molecule has 1 aliphatic carbocycles. The largest absolute Gasteiger partial charge is 0.352 e. The Morgan fingerprint density at radius 3 is 2.80 bits per heavy atom. The first kappa shape index (κ1) is 8.72. The molecule has 1 aromatic heterocycles. The van der Waals surface area contributed by atoms with Gasteiger partial charge in [0.15, 0.2) is 5.78 Å². The van der Waals surface area contributed by atoms with Gasteiger partial charge in [0.2, 0.25) is 0 Å². The first-order chi connectivity index (χ1) is 7.09. The van der Waals surface area contributed by atoms with Crippen LogP contribution in [0, 0.1) is 0 Å². The summed E-state index contributed by atoms with van der Waals surface area (Å²) in [5.74, 6) is 0.242. The number of hydrogen-bond donors (Lipinski definition) is 1. The molecule has 0 atom stereocenters. The molecule has 0 bridgehead atoms. The van der Waals surface area contributed by atoms with E-state index in [1.165, 1.54) is 10.9 Å². The molecular formula is C13H13NO. The molecule has 2 aromatic rings. The van der Waals surface area contributed by atoms with Crippen LogP contribution in [0.1, 0.15) is 36.3 Å². The van der Waals surface area contributed by atoms with Gasteiger partial charge in [-0.2, -0.15) is 0 Å². The normalized spacial score (nSPS) is 18.4. The Kier molecular flexibility index (Phi) is 1.46. The maximum absolute atomic E-state index is 11.8. The summed E-state index contributed by atoms with van der Waals surface area (Å²) in [6.45, 7) is 4.27. The topological polar surface area (TPSA) is 32.9 Å². The number of carbonyl (C=O) groups excluding carboxylic acids is 1. The number of Topliss-reactive ketones (excluding diaryl/α,β-unsaturated/α-hetero) is 1. The van der Waals surface area contributed by atoms with Crippen molar-refractivity contribution in [1.29, 1.82) is 0 Å². The smallest absolute Gasteiger partial charge is 0.180 e. The second-order valence-electron chi connectivity index (χ2n) is 4.90. The third-order valence-electron chi connectivity index (χ3n) is 3.26. The highest BCUT2D eigenvalue weighted by molar-refractivity contribution is 6.07. The number of hydrogen-bond acceptors (Lipinski definition) is 1. The first-order valence-corrected chi connectivity index (χ1v) is 5.24. The van der Waals surface area contributed by atoms with E-state index in [1.807, 2.05) is 18.2 Å². The first-order valence-electron chi connectivity index (χ1n) is 5.24. The predicted molar refractivity (Wildman–Crippen MR) is 60.3 cm³/mol. The Morgan fingerprint density at radius 2 is 2.00 bits per heavy atom. The quantitative estimate of drug-likeness (QED) is 0.695. The van der Waals surface area contributed by atoms with Crippen LogP contribution in [0.5, 0.6) is 0 Å². The molecule has 1 N–H and O–H groups in total. The molecule has 15 heavy (non-hydrogen) atoms. The predicted octanol–water partition coefficient (Wildman–Crippen LogP) is 3.03. The van der Waals surface area contributed by atoms with Crippen molar-refractivity contribution >= 4 is 16.7 Å². The summed E-state index contributed by atoms with van der Waals surface area (Å²) < 4.78 is 0. The van der Waals surface area contributed by atoms with Gasteiger partial charge in [-0.1, -0.05) is 32.0 Å². The highest BCUT2D eigenvalue weighted by Crippen LogP contribution is 2.42. The number of ketones is 1. The van der Waals surface area contributed by atoms with Gasteiger partial charge in [0.1, 0.15) is 0 Å². The molecule has 0 saturated heterocycles. The standard InChI is InChI=1S/C13H13NO/c1-13(2)7-10(15)12-11(13)8-5-3-4-6-9(8)14-12/h3-6,14H,7H2,1-2H3. The Labute approximate surface area is 88.3 Å². The van der Waals surface area contributed by atoms with Crippen molar-refractivity contribution in [2.45, 2.75) is 25.7 Å². The fourth-order valence-electron chi connectivity index (χ4n) is 2.63. The van der Waals surface area contributed by atoms with E-state index in [1.54, 1.807) is 0 Å². The number of aromatic amines is 1. The van der Waals surface area contributed by atoms with Gasteiger partial charge in [-0.25, -0.2) is 0 Å². The summed E-state index contributed by atoms with van der Waals surface area (Å²) in [4.78, 5) is 15.1. The zero-order valence-electron chi connectivity index (χ0n) is 8.92. The lowest BCUT2D eigenvalue weighted by atomic mass is 9.86. The number of carbonyl (C=O) groups is 1. The zero-order valence-corrected chi connectivity index (χ0v) is 8.92. The summed E-state index contributed by atoms with van der Waals surface area (Å²) in [5.41, 5.74) is 3.07. The third kappa shape index (κ3) is 1.02. The van der Waals surface area contributed by atoms with Crippen LogP contribution in [-0.4, -0.2) is 10.8 Å². The van der Waals surface area contributed by atoms with Crippen LogP contribution >= 0.6 is 0 Å². The summed E-state index contributed by atoms with van der Waals surface area (Å²) >= 11 is 0. The molecule has 2 heteroatoms. The van der Waals surface area contributed by atoms with Crippen LogP contribution in [0.4, 0.5) is 0 Å². The summed E-state index contributed by atoms with van der Waals surface area (Å²) in [7, 11) is 0. The molecule has 0 amide bonds. The van der Waals surface area contributed by atoms with Gasteiger partial charge in [0, 0.05) is 17.3 Å². The molecule has 0 radical (unpaired) electrons. The van der Waals surface area contributed by atoms with Crippen LogP contribution in [0.15, 0.2) is 24.3 Å². The number of para-hydroxylation sites is 1. The molecule has 1 heterocycles. The van der Waals surface area contributed by atoms with Crippen molar-refractivity contribution in [3.8, 4) is 0 Å². The third-order valence-corrected chi connectivity index (χ3v) is 3.26. The lowest BCUT2D eigenvalue weighted by Gasteiger charge is -2.16. The highest BCUT2D eigenvalue weighted by Gasteiger charge is 2.38. The van der Waals surface area contributed by atoms with Gasteiger partial charge < -0.3 is 4.98 Å². The number of nitrogens with one attached hydrogen (secondary N) is 1. The zero-order chi connectivity index (χ0) is 10.6. The summed E-state index contributed by atoms with van der Waals surface area (Å²) in [6, 6.07) is 8.13. The summed E-state index contributed by atoms with van der Waals surface area (Å²) in [6.07, 6.45) is 0.624. The van der Waals surface area contributed by atoms with Crippen LogP contribution in [0.25, 0.3) is 10.9 Å². The number of aromatic nitrogens is 1. The van der Waals surface area contributed by atoms with E-state index in [2.05, 4.69) is 24.9 Å². The average Bonchev–Trinajstić information content (AvgIpc) is 2.64. The second kappa shape index (κ2) is 2.51. The van der Waals surface area contributed by atoms with E-state index in [0.717, 1.165) is 11.2 Å². The van der Waals surface area contributed by atoms with E-state index in [4.69, 9.17) is 0 Å².